The van der Waals surface area contributed by atoms with Gasteiger partial charge < -0.3 is 5.73 Å². The lowest BCUT2D eigenvalue weighted by Gasteiger charge is -2.17. The van der Waals surface area contributed by atoms with Crippen LogP contribution in [0.2, 0.25) is 10.0 Å². The van der Waals surface area contributed by atoms with Crippen molar-refractivity contribution in [2.75, 3.05) is 6.54 Å². The zero-order chi connectivity index (χ0) is 12.3. The molecule has 0 fully saturated rings. The van der Waals surface area contributed by atoms with E-state index < -0.39 is 0 Å². The van der Waals surface area contributed by atoms with Gasteiger partial charge in [0, 0.05) is 18.8 Å². The molecule has 1 heterocycles. The smallest absolute Gasteiger partial charge is 0.0640 e. The van der Waals surface area contributed by atoms with Gasteiger partial charge in [-0.25, -0.2) is 0 Å². The first kappa shape index (κ1) is 12.6. The Morgan fingerprint density at radius 3 is 2.88 bits per heavy atom. The monoisotopic (exact) mass is 268 g/mol. The number of rotatable bonds is 3. The van der Waals surface area contributed by atoms with Crippen LogP contribution in [0.25, 0.3) is 0 Å². The molecular weight excluding hydrogens is 255 g/mol. The molecule has 4 heteroatoms. The van der Waals surface area contributed by atoms with E-state index in [4.69, 9.17) is 28.9 Å². The first-order chi connectivity index (χ1) is 8.18. The van der Waals surface area contributed by atoms with Gasteiger partial charge in [0.05, 0.1) is 10.0 Å². The second-order valence-electron chi connectivity index (χ2n) is 4.08. The Kier molecular flexibility index (Phi) is 4.21. The molecule has 1 aliphatic heterocycles. The van der Waals surface area contributed by atoms with Crippen molar-refractivity contribution in [3.05, 3.63) is 45.5 Å². The highest BCUT2D eigenvalue weighted by atomic mass is 35.5. The summed E-state index contributed by atoms with van der Waals surface area (Å²) in [7, 11) is 0. The van der Waals surface area contributed by atoms with Crippen molar-refractivity contribution >= 4 is 29.4 Å². The highest BCUT2D eigenvalue weighted by Gasteiger charge is 2.14. The molecule has 1 aromatic rings. The highest BCUT2D eigenvalue weighted by Crippen LogP contribution is 2.32. The third-order valence-corrected chi connectivity index (χ3v) is 3.67. The summed E-state index contributed by atoms with van der Waals surface area (Å²) in [6.07, 6.45) is 5.64. The van der Waals surface area contributed by atoms with Gasteiger partial charge in [-0.15, -0.1) is 0 Å². The number of allylic oxidation sites excluding steroid dienone is 1. The van der Waals surface area contributed by atoms with Crippen LogP contribution in [0, 0.1) is 0 Å². The van der Waals surface area contributed by atoms with Crippen LogP contribution < -0.4 is 5.73 Å². The Morgan fingerprint density at radius 1 is 1.35 bits per heavy atom. The van der Waals surface area contributed by atoms with Crippen molar-refractivity contribution in [1.29, 1.82) is 0 Å². The maximum absolute atomic E-state index is 6.17. The predicted octanol–water partition coefficient (Wildman–Crippen LogP) is 3.78. The normalized spacial score (nSPS) is 16.8. The third kappa shape index (κ3) is 3.09. The Bertz CT molecular complexity index is 466. The lowest BCUT2D eigenvalue weighted by atomic mass is 9.97. The van der Waals surface area contributed by atoms with Gasteiger partial charge in [0.15, 0.2) is 0 Å². The minimum atomic E-state index is -0.112. The average molecular weight is 269 g/mol. The lowest BCUT2D eigenvalue weighted by Crippen LogP contribution is -2.13. The lowest BCUT2D eigenvalue weighted by molar-refractivity contribution is 0.690. The van der Waals surface area contributed by atoms with E-state index in [1.807, 2.05) is 24.4 Å². The fourth-order valence-corrected chi connectivity index (χ4v) is 2.34. The second kappa shape index (κ2) is 5.67. The van der Waals surface area contributed by atoms with Crippen LogP contribution in [0.5, 0.6) is 0 Å². The number of hydrogen-bond acceptors (Lipinski definition) is 2. The van der Waals surface area contributed by atoms with Crippen LogP contribution in [0.15, 0.2) is 34.8 Å². The maximum Gasteiger partial charge on any atom is 0.0640 e. The number of aliphatic imine (C=N–C) groups is 1. The van der Waals surface area contributed by atoms with Crippen LogP contribution in [0.3, 0.4) is 0 Å². The van der Waals surface area contributed by atoms with Crippen molar-refractivity contribution in [3.63, 3.8) is 0 Å². The standard InChI is InChI=1S/C13H14Cl2N2/c14-11-3-1-2-10(13(11)15)12(16)8-9-4-6-17-7-5-9/h1-4,6,12H,5,7-8,16H2. The van der Waals surface area contributed by atoms with Crippen LogP contribution in [0.1, 0.15) is 24.4 Å². The van der Waals surface area contributed by atoms with Gasteiger partial charge in [0.25, 0.3) is 0 Å². The average Bonchev–Trinajstić information content (AvgIpc) is 2.34. The molecule has 0 bridgehead atoms. The van der Waals surface area contributed by atoms with Crippen molar-refractivity contribution in [2.45, 2.75) is 18.9 Å². The van der Waals surface area contributed by atoms with Gasteiger partial charge >= 0.3 is 0 Å². The van der Waals surface area contributed by atoms with E-state index in [1.54, 1.807) is 6.07 Å². The molecule has 2 N–H and O–H groups in total. The summed E-state index contributed by atoms with van der Waals surface area (Å²) < 4.78 is 0. The fourth-order valence-electron chi connectivity index (χ4n) is 1.89. The summed E-state index contributed by atoms with van der Waals surface area (Å²) in [4.78, 5) is 4.15. The topological polar surface area (TPSA) is 38.4 Å². The van der Waals surface area contributed by atoms with Gasteiger partial charge in [0.1, 0.15) is 0 Å². The molecule has 0 saturated carbocycles. The molecule has 1 unspecified atom stereocenters. The van der Waals surface area contributed by atoms with E-state index in [0.29, 0.717) is 10.0 Å². The molecule has 1 aliphatic rings. The van der Waals surface area contributed by atoms with E-state index in [9.17, 15) is 0 Å². The zero-order valence-corrected chi connectivity index (χ0v) is 10.9. The Balaban J connectivity index is 2.14. The first-order valence-corrected chi connectivity index (χ1v) is 6.31. The largest absolute Gasteiger partial charge is 0.324 e. The summed E-state index contributed by atoms with van der Waals surface area (Å²) >= 11 is 12.1. The van der Waals surface area contributed by atoms with Crippen LogP contribution in [0.4, 0.5) is 0 Å². The van der Waals surface area contributed by atoms with Gasteiger partial charge in [-0.2, -0.15) is 0 Å². The molecular formula is C13H14Cl2N2. The number of nitrogens with zero attached hydrogens (tertiary/aromatic N) is 1. The van der Waals surface area contributed by atoms with Crippen LogP contribution in [-0.4, -0.2) is 12.8 Å². The van der Waals surface area contributed by atoms with Crippen molar-refractivity contribution in [2.24, 2.45) is 10.7 Å². The Morgan fingerprint density at radius 2 is 2.18 bits per heavy atom. The van der Waals surface area contributed by atoms with Gasteiger partial charge in [0.2, 0.25) is 0 Å². The molecule has 1 aromatic carbocycles. The number of halogens is 2. The summed E-state index contributed by atoms with van der Waals surface area (Å²) in [5.41, 5.74) is 8.38. The number of dihydropyridines is 1. The SMILES string of the molecule is NC(CC1=CC=NCC1)c1cccc(Cl)c1Cl. The van der Waals surface area contributed by atoms with Crippen molar-refractivity contribution < 1.29 is 0 Å². The van der Waals surface area contributed by atoms with Crippen molar-refractivity contribution in [1.82, 2.24) is 0 Å². The van der Waals surface area contributed by atoms with E-state index in [1.165, 1.54) is 5.57 Å². The summed E-state index contributed by atoms with van der Waals surface area (Å²) in [5, 5.41) is 1.12. The summed E-state index contributed by atoms with van der Waals surface area (Å²) in [6.45, 7) is 0.849. The zero-order valence-electron chi connectivity index (χ0n) is 9.37. The van der Waals surface area contributed by atoms with Crippen LogP contribution >= 0.6 is 23.2 Å². The molecule has 0 aliphatic carbocycles. The van der Waals surface area contributed by atoms with Gasteiger partial charge in [-0.1, -0.05) is 40.9 Å². The molecule has 17 heavy (non-hydrogen) atoms. The Labute approximate surface area is 111 Å². The van der Waals surface area contributed by atoms with E-state index in [-0.39, 0.29) is 6.04 Å². The molecule has 0 amide bonds. The minimum Gasteiger partial charge on any atom is -0.324 e. The van der Waals surface area contributed by atoms with Crippen LogP contribution in [-0.2, 0) is 0 Å². The molecule has 1 atom stereocenters. The van der Waals surface area contributed by atoms with Crippen molar-refractivity contribution in [3.8, 4) is 0 Å². The first-order valence-electron chi connectivity index (χ1n) is 5.56. The number of nitrogens with two attached hydrogens (primary N) is 1. The van der Waals surface area contributed by atoms with Gasteiger partial charge in [-0.05, 0) is 30.5 Å². The molecule has 2 nitrogen and oxygen atoms in total. The quantitative estimate of drug-likeness (QED) is 0.890. The molecule has 2 rings (SSSR count). The van der Waals surface area contributed by atoms with E-state index in [0.717, 1.165) is 24.9 Å². The maximum atomic E-state index is 6.17. The number of benzene rings is 1. The minimum absolute atomic E-state index is 0.112. The van der Waals surface area contributed by atoms with E-state index >= 15 is 0 Å². The van der Waals surface area contributed by atoms with Gasteiger partial charge in [-0.3, -0.25) is 4.99 Å². The van der Waals surface area contributed by atoms with E-state index in [2.05, 4.69) is 4.99 Å². The Hall–Kier alpha value is -0.830. The number of hydrogen-bond donors (Lipinski definition) is 1. The molecule has 90 valence electrons. The summed E-state index contributed by atoms with van der Waals surface area (Å²) in [5.74, 6) is 0. The molecule has 0 aromatic heterocycles. The fraction of sp³-hybridized carbons (Fsp3) is 0.308. The third-order valence-electron chi connectivity index (χ3n) is 2.84. The highest BCUT2D eigenvalue weighted by molar-refractivity contribution is 6.42. The molecule has 0 spiro atoms. The predicted molar refractivity (Wildman–Crippen MR) is 74.1 cm³/mol. The second-order valence-corrected chi connectivity index (χ2v) is 4.87. The summed E-state index contributed by atoms with van der Waals surface area (Å²) in [6, 6.07) is 5.46. The molecule has 0 saturated heterocycles. The molecule has 0 radical (unpaired) electrons.